The first kappa shape index (κ1) is 33.9. The van der Waals surface area contributed by atoms with Gasteiger partial charge in [-0.05, 0) is 0 Å². The van der Waals surface area contributed by atoms with Crippen molar-refractivity contribution in [3.8, 4) is 0 Å². The first-order chi connectivity index (χ1) is 10.6. The number of rotatable bonds is 0. The third kappa shape index (κ3) is 44.9. The molecular formula is C8H9KO16. The summed E-state index contributed by atoms with van der Waals surface area (Å²) in [6.45, 7) is 0. The topological polar surface area (TPSA) is 307 Å². The van der Waals surface area contributed by atoms with Crippen LogP contribution in [0.1, 0.15) is 5.71 Å². The Hall–Kier alpha value is -2.60. The Balaban J connectivity index is -0.0000000248. The molecule has 0 aromatic heterocycles. The van der Waals surface area contributed by atoms with Gasteiger partial charge in [0.1, 0.15) is 0 Å². The predicted molar refractivity (Wildman–Crippen MR) is 57.6 cm³/mol. The van der Waals surface area contributed by atoms with Gasteiger partial charge in [0.2, 0.25) is 0 Å². The molecule has 0 fully saturated rings. The molecule has 0 amide bonds. The molecule has 0 spiro atoms. The number of carboxylic acid groups (broad SMARTS) is 8. The molecule has 0 aromatic rings. The van der Waals surface area contributed by atoms with E-state index in [0.717, 1.165) is 0 Å². The van der Waals surface area contributed by atoms with Gasteiger partial charge in [-0.2, -0.15) is 0 Å². The standard InChI is InChI=1S/4C2H2O4.K.H/c4*3-1(4)2(5)6;;/h4*(H,3,4)(H,5,6);;/q;;;;+1;-1. The Bertz CT molecular complexity index is 405. The number of hydrogen-bond donors (Lipinski definition) is 5. The summed E-state index contributed by atoms with van der Waals surface area (Å²) in [5.74, 6) is -15.7. The first-order valence-corrected chi connectivity index (χ1v) is 4.36. The molecule has 0 bridgehead atoms. The Morgan fingerprint density at radius 2 is 0.600 bits per heavy atom. The molecule has 0 aliphatic carbocycles. The van der Waals surface area contributed by atoms with Crippen molar-refractivity contribution in [2.75, 3.05) is 0 Å². The quantitative estimate of drug-likeness (QED) is 0.186. The normalized spacial score (nSPS) is 7.04. The van der Waals surface area contributed by atoms with Crippen LogP contribution in [0, 0.1) is 0 Å². The number of hydrogen-bond acceptors (Lipinski definition) is 11. The van der Waals surface area contributed by atoms with E-state index in [4.69, 9.17) is 79.2 Å². The third-order valence-electron chi connectivity index (χ3n) is 0.707. The maximum atomic E-state index is 9.10. The Kier molecular flexibility index (Phi) is 26.3. The molecule has 0 heterocycles. The van der Waals surface area contributed by atoms with Crippen LogP contribution in [0.25, 0.3) is 0 Å². The van der Waals surface area contributed by atoms with E-state index in [9.17, 15) is 0 Å². The molecule has 0 aliphatic heterocycles. The van der Waals surface area contributed by atoms with E-state index in [2.05, 4.69) is 0 Å². The van der Waals surface area contributed by atoms with Crippen molar-refractivity contribution >= 4 is 47.8 Å². The molecule has 0 saturated carbocycles. The molecule has 0 rings (SSSR count). The molecule has 16 nitrogen and oxygen atoms in total. The van der Waals surface area contributed by atoms with Crippen LogP contribution in [0.3, 0.4) is 0 Å². The molecule has 0 aromatic carbocycles. The van der Waals surface area contributed by atoms with Gasteiger partial charge in [0.25, 0.3) is 0 Å². The van der Waals surface area contributed by atoms with Crippen molar-refractivity contribution in [2.24, 2.45) is 0 Å². The molecule has 138 valence electrons. The predicted octanol–water partition coefficient (Wildman–Crippen LogP) is -9.93. The van der Waals surface area contributed by atoms with Crippen molar-refractivity contribution in [1.29, 1.82) is 0 Å². The molecule has 0 aliphatic rings. The summed E-state index contributed by atoms with van der Waals surface area (Å²) in [5, 5.41) is 63.7. The van der Waals surface area contributed by atoms with E-state index in [0.29, 0.717) is 0 Å². The monoisotopic (exact) mass is 400 g/mol. The van der Waals surface area contributed by atoms with Crippen LogP contribution in [0.2, 0.25) is 0 Å². The Labute approximate surface area is 183 Å². The van der Waals surface area contributed by atoms with Crippen LogP contribution < -0.4 is 66.7 Å². The molecule has 0 saturated heterocycles. The molecule has 0 unspecified atom stereocenters. The second kappa shape index (κ2) is 19.4. The zero-order valence-electron chi connectivity index (χ0n) is 15.7. The van der Waals surface area contributed by atoms with Gasteiger partial charge in [-0.25, -0.2) is 24.0 Å². The van der Waals surface area contributed by atoms with Gasteiger partial charge in [-0.1, -0.05) is 0 Å². The van der Waals surface area contributed by atoms with Crippen LogP contribution in [0.4, 0.5) is 0 Å². The number of aliphatic carboxylic acids is 8. The summed E-state index contributed by atoms with van der Waals surface area (Å²) < 4.78 is 0. The van der Waals surface area contributed by atoms with E-state index in [1.165, 1.54) is 0 Å². The molecule has 17 heteroatoms. The fraction of sp³-hybridized carbons (Fsp3) is 0. The van der Waals surface area contributed by atoms with Crippen molar-refractivity contribution in [3.63, 3.8) is 0 Å². The van der Waals surface area contributed by atoms with E-state index in [1.54, 1.807) is 0 Å². The first-order valence-electron chi connectivity index (χ1n) is 4.36. The maximum Gasteiger partial charge on any atom is 1.00 e. The maximum absolute atomic E-state index is 9.10. The van der Waals surface area contributed by atoms with Crippen LogP contribution >= 0.6 is 0 Å². The SMILES string of the molecule is O=C(O)C(=O)O.O=C(O)C(=O)O.O=C([O-])C(=O)O.O=C([O-])C(=O)[O-].[H+].[H+].[H+].[H-].[K+]. The smallest absolute Gasteiger partial charge is 1.00 e. The number of carboxylic acids is 8. The van der Waals surface area contributed by atoms with Crippen molar-refractivity contribution in [3.05, 3.63) is 0 Å². The minimum absolute atomic E-state index is 0. The zero-order chi connectivity index (χ0) is 20.6. The Morgan fingerprint density at radius 1 is 0.480 bits per heavy atom. The van der Waals surface area contributed by atoms with Gasteiger partial charge < -0.3 is 56.7 Å². The second-order valence-corrected chi connectivity index (χ2v) is 2.39. The van der Waals surface area contributed by atoms with Crippen molar-refractivity contribution in [1.82, 2.24) is 0 Å². The minimum Gasteiger partial charge on any atom is -1.00 e. The minimum atomic E-state index is -2.19. The van der Waals surface area contributed by atoms with Crippen molar-refractivity contribution in [2.45, 2.75) is 0 Å². The third-order valence-corrected chi connectivity index (χ3v) is 0.707. The molecule has 5 N–H and O–H groups in total. The van der Waals surface area contributed by atoms with E-state index in [-0.39, 0.29) is 57.1 Å². The van der Waals surface area contributed by atoms with Gasteiger partial charge in [-0.3, -0.25) is 0 Å². The van der Waals surface area contributed by atoms with Crippen LogP contribution in [-0.4, -0.2) is 73.3 Å². The van der Waals surface area contributed by atoms with E-state index < -0.39 is 47.8 Å². The summed E-state index contributed by atoms with van der Waals surface area (Å²) in [7, 11) is 0. The molecule has 0 atom stereocenters. The van der Waals surface area contributed by atoms with Gasteiger partial charge in [0.15, 0.2) is 5.97 Å². The second-order valence-electron chi connectivity index (χ2n) is 2.39. The fourth-order valence-electron chi connectivity index (χ4n) is 0. The zero-order valence-corrected chi connectivity index (χ0v) is 14.8. The van der Waals surface area contributed by atoms with Crippen LogP contribution in [0.15, 0.2) is 0 Å². The molecular weight excluding hydrogens is 391 g/mol. The summed E-state index contributed by atoms with van der Waals surface area (Å²) in [5.41, 5.74) is 0. The summed E-state index contributed by atoms with van der Waals surface area (Å²) in [6, 6.07) is 0. The van der Waals surface area contributed by atoms with Gasteiger partial charge >= 0.3 is 85.5 Å². The summed E-state index contributed by atoms with van der Waals surface area (Å²) >= 11 is 0. The van der Waals surface area contributed by atoms with Crippen LogP contribution in [-0.2, 0) is 38.4 Å². The van der Waals surface area contributed by atoms with E-state index >= 15 is 0 Å². The average molecular weight is 400 g/mol. The molecule has 0 radical (unpaired) electrons. The fourth-order valence-corrected chi connectivity index (χ4v) is 0. The average Bonchev–Trinajstić information content (AvgIpc) is 2.40. The largest absolute Gasteiger partial charge is 1.00 e. The number of carbonyl (C=O) groups excluding carboxylic acids is 3. The Morgan fingerprint density at radius 3 is 0.600 bits per heavy atom. The van der Waals surface area contributed by atoms with Gasteiger partial charge in [-0.15, -0.1) is 0 Å². The molecule has 25 heavy (non-hydrogen) atoms. The number of carbonyl (C=O) groups is 8. The van der Waals surface area contributed by atoms with E-state index in [1.807, 2.05) is 0 Å². The van der Waals surface area contributed by atoms with Gasteiger partial charge in [0, 0.05) is 0 Å². The van der Waals surface area contributed by atoms with Crippen molar-refractivity contribution < 1.29 is 136 Å². The van der Waals surface area contributed by atoms with Gasteiger partial charge in [0.05, 0.1) is 11.9 Å². The summed E-state index contributed by atoms with van der Waals surface area (Å²) in [4.78, 5) is 72.3. The van der Waals surface area contributed by atoms with Crippen LogP contribution in [0.5, 0.6) is 0 Å². The summed E-state index contributed by atoms with van der Waals surface area (Å²) in [6.07, 6.45) is 0.